The molecule has 0 aliphatic rings. The monoisotopic (exact) mass is 261 g/mol. The second kappa shape index (κ2) is 5.89. The van der Waals surface area contributed by atoms with Crippen LogP contribution in [0.1, 0.15) is 17.2 Å². The van der Waals surface area contributed by atoms with Gasteiger partial charge in [-0.3, -0.25) is 0 Å². The Kier molecular flexibility index (Phi) is 4.24. The van der Waals surface area contributed by atoms with E-state index in [0.29, 0.717) is 5.02 Å². The first-order chi connectivity index (χ1) is 8.76. The van der Waals surface area contributed by atoms with Crippen LogP contribution in [0.3, 0.4) is 0 Å². The van der Waals surface area contributed by atoms with Gasteiger partial charge in [0.05, 0.1) is 13.2 Å². The number of rotatable bonds is 4. The highest BCUT2D eigenvalue weighted by molar-refractivity contribution is 6.30. The zero-order valence-corrected chi connectivity index (χ0v) is 11.2. The summed E-state index contributed by atoms with van der Waals surface area (Å²) in [6.07, 6.45) is 0. The summed E-state index contributed by atoms with van der Waals surface area (Å²) in [5.41, 5.74) is 2.22. The Morgan fingerprint density at radius 3 is 2.44 bits per heavy atom. The summed E-state index contributed by atoms with van der Waals surface area (Å²) in [6.45, 7) is 0. The molecule has 2 nitrogen and oxygen atoms in total. The molecule has 0 bridgehead atoms. The molecule has 2 aromatic rings. The average molecular weight is 262 g/mol. The highest BCUT2D eigenvalue weighted by Gasteiger charge is 2.16. The lowest BCUT2D eigenvalue weighted by Gasteiger charge is -2.20. The Morgan fingerprint density at radius 1 is 1.11 bits per heavy atom. The molecular weight excluding hydrogens is 246 g/mol. The third-order valence-corrected chi connectivity index (χ3v) is 3.16. The van der Waals surface area contributed by atoms with E-state index in [1.807, 2.05) is 43.4 Å². The maximum Gasteiger partial charge on any atom is 0.124 e. The summed E-state index contributed by atoms with van der Waals surface area (Å²) in [4.78, 5) is 0. The molecule has 2 aromatic carbocycles. The van der Waals surface area contributed by atoms with E-state index in [0.717, 1.165) is 11.3 Å². The van der Waals surface area contributed by atoms with E-state index in [9.17, 15) is 0 Å². The molecule has 0 heterocycles. The van der Waals surface area contributed by atoms with Crippen LogP contribution >= 0.6 is 11.6 Å². The lowest BCUT2D eigenvalue weighted by Crippen LogP contribution is -2.18. The first-order valence-electron chi connectivity index (χ1n) is 5.82. The van der Waals surface area contributed by atoms with Crippen molar-refractivity contribution in [2.45, 2.75) is 6.04 Å². The van der Waals surface area contributed by atoms with Crippen LogP contribution in [-0.2, 0) is 0 Å². The minimum atomic E-state index is 0.0693. The van der Waals surface area contributed by atoms with Crippen LogP contribution < -0.4 is 10.1 Å². The van der Waals surface area contributed by atoms with Gasteiger partial charge >= 0.3 is 0 Å². The molecule has 1 unspecified atom stereocenters. The fraction of sp³-hybridized carbons (Fsp3) is 0.200. The summed E-state index contributed by atoms with van der Waals surface area (Å²) in [6, 6.07) is 16.0. The van der Waals surface area contributed by atoms with Crippen molar-refractivity contribution < 1.29 is 4.74 Å². The largest absolute Gasteiger partial charge is 0.496 e. The van der Waals surface area contributed by atoms with E-state index in [1.54, 1.807) is 7.11 Å². The first kappa shape index (κ1) is 12.9. The smallest absolute Gasteiger partial charge is 0.124 e. The molecule has 0 radical (unpaired) electrons. The molecule has 0 aliphatic heterocycles. The van der Waals surface area contributed by atoms with Crippen LogP contribution in [-0.4, -0.2) is 14.2 Å². The maximum atomic E-state index is 6.08. The summed E-state index contributed by atoms with van der Waals surface area (Å²) >= 11 is 6.08. The van der Waals surface area contributed by atoms with Crippen molar-refractivity contribution in [3.63, 3.8) is 0 Å². The molecule has 1 N–H and O–H groups in total. The minimum Gasteiger partial charge on any atom is -0.496 e. The maximum absolute atomic E-state index is 6.08. The van der Waals surface area contributed by atoms with Crippen molar-refractivity contribution in [1.82, 2.24) is 5.32 Å². The molecule has 0 aliphatic carbocycles. The van der Waals surface area contributed by atoms with E-state index in [2.05, 4.69) is 17.4 Å². The zero-order valence-electron chi connectivity index (χ0n) is 10.5. The zero-order chi connectivity index (χ0) is 13.0. The standard InChI is InChI=1S/C15H16ClNO/c1-17-15(11-6-4-3-5-7-11)13-10-12(16)8-9-14(13)18-2/h3-10,15,17H,1-2H3. The van der Waals surface area contributed by atoms with Crippen LogP contribution in [0.25, 0.3) is 0 Å². The van der Waals surface area contributed by atoms with E-state index in [-0.39, 0.29) is 6.04 Å². The number of ether oxygens (including phenoxy) is 1. The van der Waals surface area contributed by atoms with E-state index in [1.165, 1.54) is 5.56 Å². The predicted molar refractivity (Wildman–Crippen MR) is 75.3 cm³/mol. The molecular formula is C15H16ClNO. The van der Waals surface area contributed by atoms with Gasteiger partial charge in [0.25, 0.3) is 0 Å². The van der Waals surface area contributed by atoms with Crippen molar-refractivity contribution in [2.75, 3.05) is 14.2 Å². The molecule has 18 heavy (non-hydrogen) atoms. The molecule has 0 amide bonds. The van der Waals surface area contributed by atoms with Crippen molar-refractivity contribution in [3.8, 4) is 5.75 Å². The van der Waals surface area contributed by atoms with E-state index in [4.69, 9.17) is 16.3 Å². The molecule has 0 saturated carbocycles. The van der Waals surface area contributed by atoms with Crippen LogP contribution in [0.5, 0.6) is 5.75 Å². The van der Waals surface area contributed by atoms with Crippen LogP contribution in [0, 0.1) is 0 Å². The average Bonchev–Trinajstić information content (AvgIpc) is 2.41. The van der Waals surface area contributed by atoms with Gasteiger partial charge < -0.3 is 10.1 Å². The fourth-order valence-electron chi connectivity index (χ4n) is 2.08. The van der Waals surface area contributed by atoms with Crippen molar-refractivity contribution in [3.05, 3.63) is 64.7 Å². The van der Waals surface area contributed by atoms with E-state index >= 15 is 0 Å². The second-order valence-electron chi connectivity index (χ2n) is 4.02. The van der Waals surface area contributed by atoms with Gasteiger partial charge in [-0.05, 0) is 30.8 Å². The van der Waals surface area contributed by atoms with Gasteiger partial charge in [0.2, 0.25) is 0 Å². The van der Waals surface area contributed by atoms with Gasteiger partial charge in [-0.15, -0.1) is 0 Å². The summed E-state index contributed by atoms with van der Waals surface area (Å²) in [5.74, 6) is 0.836. The molecule has 2 rings (SSSR count). The van der Waals surface area contributed by atoms with Crippen LogP contribution in [0.4, 0.5) is 0 Å². The Hall–Kier alpha value is -1.51. The van der Waals surface area contributed by atoms with Crippen LogP contribution in [0.15, 0.2) is 48.5 Å². The highest BCUT2D eigenvalue weighted by atomic mass is 35.5. The van der Waals surface area contributed by atoms with Gasteiger partial charge in [0, 0.05) is 10.6 Å². The number of nitrogens with one attached hydrogen (secondary N) is 1. The quantitative estimate of drug-likeness (QED) is 0.907. The SMILES string of the molecule is CNC(c1ccccc1)c1cc(Cl)ccc1OC. The minimum absolute atomic E-state index is 0.0693. The highest BCUT2D eigenvalue weighted by Crippen LogP contribution is 2.31. The third-order valence-electron chi connectivity index (χ3n) is 2.92. The Bertz CT molecular complexity index is 513. The van der Waals surface area contributed by atoms with Crippen molar-refractivity contribution in [2.24, 2.45) is 0 Å². The molecule has 94 valence electrons. The van der Waals surface area contributed by atoms with Gasteiger partial charge in [-0.1, -0.05) is 41.9 Å². The lowest BCUT2D eigenvalue weighted by molar-refractivity contribution is 0.405. The second-order valence-corrected chi connectivity index (χ2v) is 4.46. The fourth-order valence-corrected chi connectivity index (χ4v) is 2.26. The molecule has 0 aromatic heterocycles. The number of hydrogen-bond acceptors (Lipinski definition) is 2. The topological polar surface area (TPSA) is 21.3 Å². The molecule has 1 atom stereocenters. The third kappa shape index (κ3) is 2.66. The Labute approximate surface area is 113 Å². The molecule has 0 saturated heterocycles. The lowest BCUT2D eigenvalue weighted by atomic mass is 9.98. The summed E-state index contributed by atoms with van der Waals surface area (Å²) < 4.78 is 5.41. The normalized spacial score (nSPS) is 12.2. The Balaban J connectivity index is 2.48. The predicted octanol–water partition coefficient (Wildman–Crippen LogP) is 3.66. The van der Waals surface area contributed by atoms with Gasteiger partial charge in [-0.25, -0.2) is 0 Å². The molecule has 0 fully saturated rings. The number of methoxy groups -OCH3 is 1. The number of benzene rings is 2. The molecule has 3 heteroatoms. The van der Waals surface area contributed by atoms with Crippen LogP contribution in [0.2, 0.25) is 5.02 Å². The number of hydrogen-bond donors (Lipinski definition) is 1. The summed E-state index contributed by atoms with van der Waals surface area (Å²) in [7, 11) is 3.60. The van der Waals surface area contributed by atoms with Gasteiger partial charge in [0.15, 0.2) is 0 Å². The Morgan fingerprint density at radius 2 is 1.83 bits per heavy atom. The summed E-state index contributed by atoms with van der Waals surface area (Å²) in [5, 5.41) is 4.01. The van der Waals surface area contributed by atoms with Crippen molar-refractivity contribution in [1.29, 1.82) is 0 Å². The van der Waals surface area contributed by atoms with Gasteiger partial charge in [0.1, 0.15) is 5.75 Å². The molecule has 0 spiro atoms. The number of halogens is 1. The van der Waals surface area contributed by atoms with Gasteiger partial charge in [-0.2, -0.15) is 0 Å². The van der Waals surface area contributed by atoms with Crippen molar-refractivity contribution >= 4 is 11.6 Å². The first-order valence-corrected chi connectivity index (χ1v) is 6.19. The van der Waals surface area contributed by atoms with E-state index < -0.39 is 0 Å².